The lowest BCUT2D eigenvalue weighted by atomic mass is 10.2. The summed E-state index contributed by atoms with van der Waals surface area (Å²) in [5.74, 6) is -2.16. The smallest absolute Gasteiger partial charge is 0.286 e. The van der Waals surface area contributed by atoms with Crippen LogP contribution in [0.2, 0.25) is 0 Å². The maximum atomic E-state index is 13.5. The van der Waals surface area contributed by atoms with E-state index in [1.807, 2.05) is 0 Å². The molecular formula is C17H13FN2O4. The van der Waals surface area contributed by atoms with E-state index in [9.17, 15) is 14.0 Å². The van der Waals surface area contributed by atoms with Gasteiger partial charge in [-0.3, -0.25) is 9.59 Å². The van der Waals surface area contributed by atoms with Gasteiger partial charge in [-0.05, 0) is 24.3 Å². The molecule has 0 aliphatic carbocycles. The van der Waals surface area contributed by atoms with Crippen molar-refractivity contribution in [3.8, 4) is 5.75 Å². The molecule has 3 N–H and O–H groups in total. The number of benzene rings is 2. The summed E-state index contributed by atoms with van der Waals surface area (Å²) in [7, 11) is 0. The van der Waals surface area contributed by atoms with Crippen LogP contribution < -0.4 is 15.8 Å². The number of halogens is 1. The molecule has 3 aromatic rings. The second kappa shape index (κ2) is 6.41. The van der Waals surface area contributed by atoms with E-state index >= 15 is 0 Å². The van der Waals surface area contributed by atoms with Crippen LogP contribution >= 0.6 is 0 Å². The van der Waals surface area contributed by atoms with Gasteiger partial charge in [0, 0.05) is 5.39 Å². The van der Waals surface area contributed by atoms with Crippen LogP contribution in [0.1, 0.15) is 10.6 Å². The Morgan fingerprint density at radius 1 is 1.12 bits per heavy atom. The minimum absolute atomic E-state index is 0.0418. The summed E-state index contributed by atoms with van der Waals surface area (Å²) in [5, 5.41) is 3.06. The average molecular weight is 328 g/mol. The minimum atomic E-state index is -0.809. The van der Waals surface area contributed by atoms with Gasteiger partial charge in [0.1, 0.15) is 11.3 Å². The molecular weight excluding hydrogens is 315 g/mol. The van der Waals surface area contributed by atoms with Gasteiger partial charge in [0.25, 0.3) is 11.8 Å². The lowest BCUT2D eigenvalue weighted by Gasteiger charge is -2.08. The fourth-order valence-electron chi connectivity index (χ4n) is 2.22. The summed E-state index contributed by atoms with van der Waals surface area (Å²) in [5.41, 5.74) is 5.85. The van der Waals surface area contributed by atoms with E-state index in [0.29, 0.717) is 11.0 Å². The molecule has 3 rings (SSSR count). The van der Waals surface area contributed by atoms with Gasteiger partial charge in [0.15, 0.2) is 18.2 Å². The van der Waals surface area contributed by atoms with Crippen molar-refractivity contribution in [3.05, 3.63) is 60.1 Å². The van der Waals surface area contributed by atoms with Crippen LogP contribution in [0.15, 0.2) is 52.9 Å². The van der Waals surface area contributed by atoms with Crippen LogP contribution in [0.25, 0.3) is 11.0 Å². The molecule has 0 aliphatic heterocycles. The summed E-state index contributed by atoms with van der Waals surface area (Å²) in [6, 6.07) is 12.5. The number of nitrogens with one attached hydrogen (secondary N) is 1. The Bertz CT molecular complexity index is 920. The molecule has 0 unspecified atom stereocenters. The molecule has 0 radical (unpaired) electrons. The fraction of sp³-hybridized carbons (Fsp3) is 0.0588. The zero-order valence-corrected chi connectivity index (χ0v) is 12.4. The van der Waals surface area contributed by atoms with Crippen molar-refractivity contribution in [3.63, 3.8) is 0 Å². The molecule has 0 atom stereocenters. The van der Waals surface area contributed by atoms with Crippen molar-refractivity contribution >= 4 is 28.5 Å². The first-order valence-corrected chi connectivity index (χ1v) is 7.05. The number of hydrogen-bond acceptors (Lipinski definition) is 4. The number of nitrogens with two attached hydrogens (primary N) is 1. The minimum Gasteiger partial charge on any atom is -0.481 e. The molecule has 0 bridgehead atoms. The van der Waals surface area contributed by atoms with Gasteiger partial charge in [0.05, 0.1) is 0 Å². The summed E-state index contributed by atoms with van der Waals surface area (Å²) in [6.45, 7) is -0.432. The van der Waals surface area contributed by atoms with Crippen molar-refractivity contribution in [2.24, 2.45) is 5.73 Å². The molecule has 6 nitrogen and oxygen atoms in total. The Morgan fingerprint density at radius 2 is 1.83 bits per heavy atom. The molecule has 0 spiro atoms. The van der Waals surface area contributed by atoms with E-state index in [1.54, 1.807) is 30.3 Å². The first-order valence-electron chi connectivity index (χ1n) is 7.05. The first kappa shape index (κ1) is 15.5. The van der Waals surface area contributed by atoms with E-state index in [1.165, 1.54) is 18.2 Å². The van der Waals surface area contributed by atoms with Gasteiger partial charge in [-0.15, -0.1) is 0 Å². The Hall–Kier alpha value is -3.35. The number of fused-ring (bicyclic) bond motifs is 1. The predicted octanol–water partition coefficient (Wildman–Crippen LogP) is 2.69. The Kier molecular flexibility index (Phi) is 4.15. The molecule has 1 heterocycles. The molecule has 7 heteroatoms. The SMILES string of the molecule is NC(=O)c1oc2ccccc2c1NC(=O)COc1ccccc1F. The summed E-state index contributed by atoms with van der Waals surface area (Å²) in [4.78, 5) is 23.6. The van der Waals surface area contributed by atoms with Gasteiger partial charge >= 0.3 is 0 Å². The van der Waals surface area contributed by atoms with E-state index in [-0.39, 0.29) is 17.2 Å². The third-order valence-corrected chi connectivity index (χ3v) is 3.28. The number of rotatable bonds is 5. The highest BCUT2D eigenvalue weighted by atomic mass is 19.1. The second-order valence-corrected chi connectivity index (χ2v) is 4.93. The van der Waals surface area contributed by atoms with Gasteiger partial charge < -0.3 is 20.2 Å². The number of primary amides is 1. The zero-order chi connectivity index (χ0) is 17.1. The molecule has 122 valence electrons. The highest BCUT2D eigenvalue weighted by molar-refractivity contribution is 6.10. The maximum absolute atomic E-state index is 13.5. The topological polar surface area (TPSA) is 94.6 Å². The maximum Gasteiger partial charge on any atom is 0.286 e. The molecule has 2 amide bonds. The highest BCUT2D eigenvalue weighted by Crippen LogP contribution is 2.30. The monoisotopic (exact) mass is 328 g/mol. The van der Waals surface area contributed by atoms with Crippen LogP contribution in [0.4, 0.5) is 10.1 Å². The summed E-state index contributed by atoms with van der Waals surface area (Å²) < 4.78 is 23.9. The van der Waals surface area contributed by atoms with E-state index < -0.39 is 24.2 Å². The van der Waals surface area contributed by atoms with Gasteiger partial charge in [-0.25, -0.2) is 4.39 Å². The summed E-state index contributed by atoms with van der Waals surface area (Å²) >= 11 is 0. The average Bonchev–Trinajstić information content (AvgIpc) is 2.93. The number of para-hydroxylation sites is 2. The normalized spacial score (nSPS) is 10.5. The predicted molar refractivity (Wildman–Crippen MR) is 85.3 cm³/mol. The Labute approximate surface area is 136 Å². The molecule has 1 aromatic heterocycles. The van der Waals surface area contributed by atoms with Crippen LogP contribution in [-0.2, 0) is 4.79 Å². The third-order valence-electron chi connectivity index (χ3n) is 3.28. The van der Waals surface area contributed by atoms with Gasteiger partial charge in [0.2, 0.25) is 5.76 Å². The number of hydrogen-bond donors (Lipinski definition) is 2. The third kappa shape index (κ3) is 3.05. The molecule has 0 fully saturated rings. The number of anilines is 1. The Morgan fingerprint density at radius 3 is 2.58 bits per heavy atom. The van der Waals surface area contributed by atoms with Crippen molar-refractivity contribution in [1.82, 2.24) is 0 Å². The van der Waals surface area contributed by atoms with Crippen LogP contribution in [0, 0.1) is 5.82 Å². The van der Waals surface area contributed by atoms with Crippen LogP contribution in [-0.4, -0.2) is 18.4 Å². The molecule has 2 aromatic carbocycles. The lowest BCUT2D eigenvalue weighted by Crippen LogP contribution is -2.22. The number of furan rings is 1. The second-order valence-electron chi connectivity index (χ2n) is 4.93. The lowest BCUT2D eigenvalue weighted by molar-refractivity contribution is -0.118. The Balaban J connectivity index is 1.79. The number of ether oxygens (including phenoxy) is 1. The first-order chi connectivity index (χ1) is 11.6. The number of carbonyl (C=O) groups excluding carboxylic acids is 2. The van der Waals surface area contributed by atoms with Crippen molar-refractivity contribution < 1.29 is 23.1 Å². The quantitative estimate of drug-likeness (QED) is 0.753. The largest absolute Gasteiger partial charge is 0.481 e. The zero-order valence-electron chi connectivity index (χ0n) is 12.4. The number of amides is 2. The highest BCUT2D eigenvalue weighted by Gasteiger charge is 2.20. The molecule has 0 aliphatic rings. The molecule has 24 heavy (non-hydrogen) atoms. The molecule has 0 saturated carbocycles. The van der Waals surface area contributed by atoms with E-state index in [4.69, 9.17) is 14.9 Å². The molecule has 0 saturated heterocycles. The number of carbonyl (C=O) groups is 2. The van der Waals surface area contributed by atoms with Gasteiger partial charge in [-0.2, -0.15) is 0 Å². The van der Waals surface area contributed by atoms with Crippen molar-refractivity contribution in [2.75, 3.05) is 11.9 Å². The van der Waals surface area contributed by atoms with Gasteiger partial charge in [-0.1, -0.05) is 24.3 Å². The van der Waals surface area contributed by atoms with Crippen LogP contribution in [0.3, 0.4) is 0 Å². The standard InChI is InChI=1S/C17H13FN2O4/c18-11-6-2-4-8-13(11)23-9-14(21)20-15-10-5-1-3-7-12(10)24-16(15)17(19)22/h1-8H,9H2,(H2,19,22)(H,20,21). The van der Waals surface area contributed by atoms with Crippen LogP contribution in [0.5, 0.6) is 5.75 Å². The van der Waals surface area contributed by atoms with Crippen molar-refractivity contribution in [2.45, 2.75) is 0 Å². The van der Waals surface area contributed by atoms with Crippen molar-refractivity contribution in [1.29, 1.82) is 0 Å². The van der Waals surface area contributed by atoms with E-state index in [0.717, 1.165) is 0 Å². The van der Waals surface area contributed by atoms with E-state index in [2.05, 4.69) is 5.32 Å². The fourth-order valence-corrected chi connectivity index (χ4v) is 2.22. The summed E-state index contributed by atoms with van der Waals surface area (Å²) in [6.07, 6.45) is 0.